The van der Waals surface area contributed by atoms with Gasteiger partial charge in [-0.05, 0) is 36.2 Å². The van der Waals surface area contributed by atoms with Gasteiger partial charge in [-0.3, -0.25) is 9.52 Å². The monoisotopic (exact) mass is 475 g/mol. The van der Waals surface area contributed by atoms with Crippen molar-refractivity contribution in [3.63, 3.8) is 0 Å². The number of anilines is 1. The van der Waals surface area contributed by atoms with Crippen LogP contribution in [0.25, 0.3) is 0 Å². The van der Waals surface area contributed by atoms with Gasteiger partial charge < -0.3 is 5.32 Å². The first-order chi connectivity index (χ1) is 14.5. The minimum atomic E-state index is -4.58. The lowest BCUT2D eigenvalue weighted by Crippen LogP contribution is -2.30. The van der Waals surface area contributed by atoms with E-state index in [9.17, 15) is 30.8 Å². The van der Waals surface area contributed by atoms with Gasteiger partial charge in [-0.15, -0.1) is 0 Å². The summed E-state index contributed by atoms with van der Waals surface area (Å²) in [6.07, 6.45) is -3.70. The van der Waals surface area contributed by atoms with Crippen LogP contribution in [-0.2, 0) is 33.0 Å². The maximum Gasteiger partial charge on any atom is 0.433 e. The summed E-state index contributed by atoms with van der Waals surface area (Å²) >= 11 is 0. The highest BCUT2D eigenvalue weighted by Gasteiger charge is 2.34. The van der Waals surface area contributed by atoms with Crippen LogP contribution in [0.15, 0.2) is 30.3 Å². The van der Waals surface area contributed by atoms with Crippen LogP contribution in [0, 0.1) is 5.82 Å². The van der Waals surface area contributed by atoms with E-state index >= 15 is 0 Å². The molecular weight excluding hydrogens is 450 g/mol. The Hall–Kier alpha value is -2.69. The van der Waals surface area contributed by atoms with Crippen LogP contribution in [0.2, 0.25) is 0 Å². The molecule has 0 radical (unpaired) electrons. The predicted octanol–water partition coefficient (Wildman–Crippen LogP) is 4.33. The van der Waals surface area contributed by atoms with E-state index in [0.29, 0.717) is 11.1 Å². The first kappa shape index (κ1) is 25.6. The zero-order valence-corrected chi connectivity index (χ0v) is 19.1. The quantitative estimate of drug-likeness (QED) is 0.609. The second-order valence-corrected chi connectivity index (χ2v) is 10.3. The number of sulfonamides is 1. The van der Waals surface area contributed by atoms with Gasteiger partial charge in [0.15, 0.2) is 0 Å². The standard InChI is InChI=1S/C21H25F4N3O3S/c1-12(13-6-8-16(15(22)10-13)28-32(5,30)31)19(29)26-11-14-7-9-17(21(23,24)25)27-18(14)20(2,3)4/h6-10,12,28H,11H2,1-5H3,(H,26,29). The Morgan fingerprint density at radius 1 is 1.12 bits per heavy atom. The first-order valence-electron chi connectivity index (χ1n) is 9.61. The predicted molar refractivity (Wildman–Crippen MR) is 113 cm³/mol. The Morgan fingerprint density at radius 2 is 1.75 bits per heavy atom. The minimum Gasteiger partial charge on any atom is -0.351 e. The summed E-state index contributed by atoms with van der Waals surface area (Å²) in [6.45, 7) is 6.63. The number of nitrogens with zero attached hydrogens (tertiary/aromatic N) is 1. The van der Waals surface area contributed by atoms with Crippen molar-refractivity contribution in [2.24, 2.45) is 0 Å². The SMILES string of the molecule is CC(C(=O)NCc1ccc(C(F)(F)F)nc1C(C)(C)C)c1ccc(NS(C)(=O)=O)c(F)c1. The van der Waals surface area contributed by atoms with E-state index < -0.39 is 45.0 Å². The molecule has 0 saturated carbocycles. The molecule has 2 rings (SSSR count). The maximum atomic E-state index is 14.2. The number of benzene rings is 1. The molecule has 1 unspecified atom stereocenters. The lowest BCUT2D eigenvalue weighted by atomic mass is 9.88. The van der Waals surface area contributed by atoms with Crippen molar-refractivity contribution >= 4 is 21.6 Å². The fourth-order valence-electron chi connectivity index (χ4n) is 3.01. The van der Waals surface area contributed by atoms with Crippen LogP contribution in [0.4, 0.5) is 23.2 Å². The summed E-state index contributed by atoms with van der Waals surface area (Å²) < 4.78 is 77.9. The van der Waals surface area contributed by atoms with Gasteiger partial charge in [0.2, 0.25) is 15.9 Å². The molecule has 1 heterocycles. The second kappa shape index (κ2) is 9.05. The largest absolute Gasteiger partial charge is 0.433 e. The van der Waals surface area contributed by atoms with Crippen LogP contribution < -0.4 is 10.0 Å². The van der Waals surface area contributed by atoms with Gasteiger partial charge in [0.1, 0.15) is 11.5 Å². The van der Waals surface area contributed by atoms with Crippen molar-refractivity contribution in [3.05, 3.63) is 58.7 Å². The third kappa shape index (κ3) is 6.65. The summed E-state index contributed by atoms with van der Waals surface area (Å²) in [4.78, 5) is 16.3. The van der Waals surface area contributed by atoms with Gasteiger partial charge in [-0.25, -0.2) is 17.8 Å². The fourth-order valence-corrected chi connectivity index (χ4v) is 3.57. The number of hydrogen-bond donors (Lipinski definition) is 2. The average molecular weight is 476 g/mol. The zero-order chi connectivity index (χ0) is 24.5. The number of carbonyl (C=O) groups excluding carboxylic acids is 1. The molecular formula is C21H25F4N3O3S. The summed E-state index contributed by atoms with van der Waals surface area (Å²) in [5.41, 5.74) is -0.995. The molecule has 0 aliphatic heterocycles. The van der Waals surface area contributed by atoms with E-state index in [1.807, 2.05) is 4.72 Å². The highest BCUT2D eigenvalue weighted by Crippen LogP contribution is 2.32. The number of nitrogens with one attached hydrogen (secondary N) is 2. The maximum absolute atomic E-state index is 14.2. The number of alkyl halides is 3. The first-order valence-corrected chi connectivity index (χ1v) is 11.5. The zero-order valence-electron chi connectivity index (χ0n) is 18.3. The average Bonchev–Trinajstić information content (AvgIpc) is 2.64. The molecule has 1 atom stereocenters. The van der Waals surface area contributed by atoms with Crippen LogP contribution in [-0.4, -0.2) is 25.6 Å². The number of carbonyl (C=O) groups is 1. The van der Waals surface area contributed by atoms with Crippen molar-refractivity contribution in [1.29, 1.82) is 0 Å². The van der Waals surface area contributed by atoms with E-state index in [1.165, 1.54) is 25.1 Å². The lowest BCUT2D eigenvalue weighted by molar-refractivity contribution is -0.141. The van der Waals surface area contributed by atoms with E-state index in [4.69, 9.17) is 0 Å². The van der Waals surface area contributed by atoms with Gasteiger partial charge in [0.05, 0.1) is 23.6 Å². The molecule has 11 heteroatoms. The Balaban J connectivity index is 2.19. The molecule has 32 heavy (non-hydrogen) atoms. The molecule has 0 spiro atoms. The molecule has 2 aromatic rings. The van der Waals surface area contributed by atoms with Crippen molar-refractivity contribution < 1.29 is 30.8 Å². The van der Waals surface area contributed by atoms with Crippen LogP contribution >= 0.6 is 0 Å². The summed E-state index contributed by atoms with van der Waals surface area (Å²) in [6, 6.07) is 5.84. The summed E-state index contributed by atoms with van der Waals surface area (Å²) in [7, 11) is -3.66. The Kier molecular flexibility index (Phi) is 7.23. The number of pyridine rings is 1. The fraction of sp³-hybridized carbons (Fsp3) is 0.429. The number of hydrogen-bond acceptors (Lipinski definition) is 4. The van der Waals surface area contributed by atoms with E-state index in [1.54, 1.807) is 20.8 Å². The van der Waals surface area contributed by atoms with Gasteiger partial charge in [-0.1, -0.05) is 32.9 Å². The molecule has 1 aromatic heterocycles. The molecule has 0 aliphatic rings. The summed E-state index contributed by atoms with van der Waals surface area (Å²) in [5, 5.41) is 2.65. The van der Waals surface area contributed by atoms with Crippen LogP contribution in [0.1, 0.15) is 56.1 Å². The van der Waals surface area contributed by atoms with Crippen molar-refractivity contribution in [2.75, 3.05) is 11.0 Å². The van der Waals surface area contributed by atoms with Gasteiger partial charge >= 0.3 is 6.18 Å². The summed E-state index contributed by atoms with van der Waals surface area (Å²) in [5.74, 6) is -2.11. The highest BCUT2D eigenvalue weighted by atomic mass is 32.2. The topological polar surface area (TPSA) is 88.2 Å². The van der Waals surface area contributed by atoms with Crippen LogP contribution in [0.3, 0.4) is 0 Å². The van der Waals surface area contributed by atoms with E-state index in [0.717, 1.165) is 18.4 Å². The number of amides is 1. The molecule has 0 fully saturated rings. The van der Waals surface area contributed by atoms with Gasteiger partial charge in [0, 0.05) is 12.0 Å². The van der Waals surface area contributed by atoms with Gasteiger partial charge in [-0.2, -0.15) is 13.2 Å². The molecule has 0 bridgehead atoms. The molecule has 0 saturated heterocycles. The minimum absolute atomic E-state index is 0.0584. The molecule has 176 valence electrons. The number of aromatic nitrogens is 1. The van der Waals surface area contributed by atoms with Crippen molar-refractivity contribution in [2.45, 2.75) is 51.7 Å². The Labute approximate surface area is 184 Å². The second-order valence-electron chi connectivity index (χ2n) is 8.50. The third-order valence-electron chi connectivity index (χ3n) is 4.61. The smallest absolute Gasteiger partial charge is 0.351 e. The van der Waals surface area contributed by atoms with E-state index in [2.05, 4.69) is 10.3 Å². The molecule has 6 nitrogen and oxygen atoms in total. The number of halogens is 4. The van der Waals surface area contributed by atoms with Crippen molar-refractivity contribution in [3.8, 4) is 0 Å². The normalized spacial score (nSPS) is 13.5. The van der Waals surface area contributed by atoms with Crippen molar-refractivity contribution in [1.82, 2.24) is 10.3 Å². The van der Waals surface area contributed by atoms with Crippen LogP contribution in [0.5, 0.6) is 0 Å². The Bertz CT molecular complexity index is 1110. The molecule has 1 amide bonds. The Morgan fingerprint density at radius 3 is 2.25 bits per heavy atom. The van der Waals surface area contributed by atoms with Gasteiger partial charge in [0.25, 0.3) is 0 Å². The lowest BCUT2D eigenvalue weighted by Gasteiger charge is -2.23. The molecule has 1 aromatic carbocycles. The third-order valence-corrected chi connectivity index (χ3v) is 5.21. The highest BCUT2D eigenvalue weighted by molar-refractivity contribution is 7.92. The number of rotatable bonds is 6. The van der Waals surface area contributed by atoms with E-state index in [-0.39, 0.29) is 17.9 Å². The molecule has 2 N–H and O–H groups in total. The molecule has 0 aliphatic carbocycles.